The fourth-order valence-corrected chi connectivity index (χ4v) is 1.36. The van der Waals surface area contributed by atoms with Gasteiger partial charge in [0.2, 0.25) is 0 Å². The SMILES string of the molecule is Nc1cccc(C(=O)O)c1Oc1cccnc1. The zero-order valence-electron chi connectivity index (χ0n) is 8.83. The van der Waals surface area contributed by atoms with Gasteiger partial charge in [-0.1, -0.05) is 6.07 Å². The predicted molar refractivity (Wildman–Crippen MR) is 62.1 cm³/mol. The van der Waals surface area contributed by atoms with Crippen molar-refractivity contribution >= 4 is 11.7 Å². The molecule has 0 saturated carbocycles. The van der Waals surface area contributed by atoms with Crippen molar-refractivity contribution in [2.45, 2.75) is 0 Å². The van der Waals surface area contributed by atoms with Crippen LogP contribution in [0, 0.1) is 0 Å². The molecule has 0 saturated heterocycles. The number of para-hydroxylation sites is 1. The van der Waals surface area contributed by atoms with E-state index in [4.69, 9.17) is 15.6 Å². The van der Waals surface area contributed by atoms with Crippen molar-refractivity contribution in [3.8, 4) is 11.5 Å². The Morgan fingerprint density at radius 3 is 2.76 bits per heavy atom. The number of carbonyl (C=O) groups is 1. The number of aromatic nitrogens is 1. The van der Waals surface area contributed by atoms with E-state index in [2.05, 4.69) is 4.98 Å². The Morgan fingerprint density at radius 1 is 1.29 bits per heavy atom. The Hall–Kier alpha value is -2.56. The van der Waals surface area contributed by atoms with Crippen LogP contribution in [-0.2, 0) is 0 Å². The van der Waals surface area contributed by atoms with Crippen LogP contribution in [0.2, 0.25) is 0 Å². The number of nitrogens with two attached hydrogens (primary N) is 1. The molecule has 0 unspecified atom stereocenters. The molecule has 2 rings (SSSR count). The summed E-state index contributed by atoms with van der Waals surface area (Å²) in [6.45, 7) is 0. The van der Waals surface area contributed by atoms with Crippen molar-refractivity contribution in [2.75, 3.05) is 5.73 Å². The topological polar surface area (TPSA) is 85.4 Å². The molecule has 3 N–H and O–H groups in total. The number of rotatable bonds is 3. The number of hydrogen-bond donors (Lipinski definition) is 2. The van der Waals surface area contributed by atoms with Crippen LogP contribution in [0.25, 0.3) is 0 Å². The number of nitrogens with zero attached hydrogens (tertiary/aromatic N) is 1. The van der Waals surface area contributed by atoms with Gasteiger partial charge >= 0.3 is 5.97 Å². The van der Waals surface area contributed by atoms with E-state index in [-0.39, 0.29) is 17.0 Å². The number of nitrogen functional groups attached to an aromatic ring is 1. The lowest BCUT2D eigenvalue weighted by Crippen LogP contribution is -2.02. The second kappa shape index (κ2) is 4.52. The molecule has 0 atom stereocenters. The third-order valence-electron chi connectivity index (χ3n) is 2.13. The third-order valence-corrected chi connectivity index (χ3v) is 2.13. The summed E-state index contributed by atoms with van der Waals surface area (Å²) >= 11 is 0. The third kappa shape index (κ3) is 2.34. The van der Waals surface area contributed by atoms with Gasteiger partial charge in [-0.2, -0.15) is 0 Å². The van der Waals surface area contributed by atoms with Crippen molar-refractivity contribution in [2.24, 2.45) is 0 Å². The van der Waals surface area contributed by atoms with Crippen LogP contribution in [0.15, 0.2) is 42.7 Å². The largest absolute Gasteiger partial charge is 0.478 e. The number of benzene rings is 1. The predicted octanol–water partition coefficient (Wildman–Crippen LogP) is 2.15. The Bertz CT molecular complexity index is 541. The molecule has 1 aromatic carbocycles. The van der Waals surface area contributed by atoms with E-state index in [1.54, 1.807) is 30.5 Å². The quantitative estimate of drug-likeness (QED) is 0.789. The molecule has 0 fully saturated rings. The van der Waals surface area contributed by atoms with Gasteiger partial charge < -0.3 is 15.6 Å². The van der Waals surface area contributed by atoms with E-state index >= 15 is 0 Å². The highest BCUT2D eigenvalue weighted by molar-refractivity contribution is 5.93. The molecule has 2 aromatic rings. The van der Waals surface area contributed by atoms with Crippen molar-refractivity contribution < 1.29 is 14.6 Å². The highest BCUT2D eigenvalue weighted by Gasteiger charge is 2.14. The fourth-order valence-electron chi connectivity index (χ4n) is 1.36. The zero-order valence-corrected chi connectivity index (χ0v) is 8.83. The summed E-state index contributed by atoms with van der Waals surface area (Å²) in [4.78, 5) is 14.9. The molecule has 17 heavy (non-hydrogen) atoms. The number of carboxylic acid groups (broad SMARTS) is 1. The molecule has 86 valence electrons. The van der Waals surface area contributed by atoms with Crippen LogP contribution < -0.4 is 10.5 Å². The van der Waals surface area contributed by atoms with Crippen molar-refractivity contribution in [3.63, 3.8) is 0 Å². The maximum atomic E-state index is 11.0. The van der Waals surface area contributed by atoms with Crippen molar-refractivity contribution in [1.82, 2.24) is 4.98 Å². The Morgan fingerprint density at radius 2 is 2.12 bits per heavy atom. The number of aromatic carboxylic acids is 1. The molecule has 1 heterocycles. The Labute approximate surface area is 97.5 Å². The monoisotopic (exact) mass is 230 g/mol. The highest BCUT2D eigenvalue weighted by Crippen LogP contribution is 2.30. The fraction of sp³-hybridized carbons (Fsp3) is 0. The smallest absolute Gasteiger partial charge is 0.339 e. The lowest BCUT2D eigenvalue weighted by Gasteiger charge is -2.10. The van der Waals surface area contributed by atoms with E-state index in [0.29, 0.717) is 5.75 Å². The molecule has 0 radical (unpaired) electrons. The van der Waals surface area contributed by atoms with E-state index in [1.807, 2.05) is 0 Å². The summed E-state index contributed by atoms with van der Waals surface area (Å²) in [6.07, 6.45) is 3.08. The number of pyridine rings is 1. The van der Waals surface area contributed by atoms with Crippen molar-refractivity contribution in [3.05, 3.63) is 48.3 Å². The van der Waals surface area contributed by atoms with Gasteiger partial charge in [0.1, 0.15) is 11.3 Å². The van der Waals surface area contributed by atoms with Gasteiger partial charge in [0, 0.05) is 6.20 Å². The maximum Gasteiger partial charge on any atom is 0.339 e. The lowest BCUT2D eigenvalue weighted by atomic mass is 10.2. The van der Waals surface area contributed by atoms with Crippen LogP contribution >= 0.6 is 0 Å². The molecule has 0 amide bonds. The average Bonchev–Trinajstić information content (AvgIpc) is 2.33. The molecule has 0 aliphatic carbocycles. The Balaban J connectivity index is 2.41. The Kier molecular flexibility index (Phi) is 2.91. The summed E-state index contributed by atoms with van der Waals surface area (Å²) in [6, 6.07) is 7.94. The van der Waals surface area contributed by atoms with Gasteiger partial charge in [-0.25, -0.2) is 4.79 Å². The van der Waals surface area contributed by atoms with E-state index in [9.17, 15) is 4.79 Å². The van der Waals surface area contributed by atoms with Crippen LogP contribution in [0.4, 0.5) is 5.69 Å². The minimum absolute atomic E-state index is 0.0221. The summed E-state index contributed by atoms with van der Waals surface area (Å²) in [7, 11) is 0. The molecular weight excluding hydrogens is 220 g/mol. The van der Waals surface area contributed by atoms with Crippen LogP contribution in [0.1, 0.15) is 10.4 Å². The normalized spacial score (nSPS) is 9.88. The number of anilines is 1. The van der Waals surface area contributed by atoms with Gasteiger partial charge in [0.25, 0.3) is 0 Å². The number of ether oxygens (including phenoxy) is 1. The number of carboxylic acids is 1. The van der Waals surface area contributed by atoms with E-state index in [1.165, 1.54) is 12.3 Å². The first-order chi connectivity index (χ1) is 8.18. The van der Waals surface area contributed by atoms with Gasteiger partial charge in [-0.3, -0.25) is 4.98 Å². The van der Waals surface area contributed by atoms with Gasteiger partial charge in [-0.05, 0) is 24.3 Å². The first kappa shape index (κ1) is 10.9. The van der Waals surface area contributed by atoms with Gasteiger partial charge in [0.15, 0.2) is 5.75 Å². The highest BCUT2D eigenvalue weighted by atomic mass is 16.5. The molecule has 0 spiro atoms. The lowest BCUT2D eigenvalue weighted by molar-refractivity contribution is 0.0694. The van der Waals surface area contributed by atoms with E-state index in [0.717, 1.165) is 0 Å². The van der Waals surface area contributed by atoms with E-state index < -0.39 is 5.97 Å². The van der Waals surface area contributed by atoms with Crippen molar-refractivity contribution in [1.29, 1.82) is 0 Å². The molecule has 5 nitrogen and oxygen atoms in total. The molecule has 0 aliphatic rings. The summed E-state index contributed by atoms with van der Waals surface area (Å²) < 4.78 is 5.43. The average molecular weight is 230 g/mol. The summed E-state index contributed by atoms with van der Waals surface area (Å²) in [5.74, 6) is -0.517. The standard InChI is InChI=1S/C12H10N2O3/c13-10-5-1-4-9(12(15)16)11(10)17-8-3-2-6-14-7-8/h1-7H,13H2,(H,15,16). The molecule has 0 bridgehead atoms. The zero-order chi connectivity index (χ0) is 12.3. The van der Waals surface area contributed by atoms with Crippen LogP contribution in [0.3, 0.4) is 0 Å². The van der Waals surface area contributed by atoms with Gasteiger partial charge in [0.05, 0.1) is 11.9 Å². The number of hydrogen-bond acceptors (Lipinski definition) is 4. The molecule has 0 aliphatic heterocycles. The molecule has 5 heteroatoms. The minimum atomic E-state index is -1.09. The molecular formula is C12H10N2O3. The first-order valence-electron chi connectivity index (χ1n) is 4.88. The molecule has 1 aromatic heterocycles. The summed E-state index contributed by atoms with van der Waals surface area (Å²) in [5.41, 5.74) is 5.99. The van der Waals surface area contributed by atoms with Crippen LogP contribution in [-0.4, -0.2) is 16.1 Å². The first-order valence-corrected chi connectivity index (χ1v) is 4.88. The van der Waals surface area contributed by atoms with Crippen LogP contribution in [0.5, 0.6) is 11.5 Å². The second-order valence-electron chi connectivity index (χ2n) is 3.32. The second-order valence-corrected chi connectivity index (χ2v) is 3.32. The maximum absolute atomic E-state index is 11.0. The summed E-state index contributed by atoms with van der Waals surface area (Å²) in [5, 5.41) is 9.02. The minimum Gasteiger partial charge on any atom is -0.478 e. The van der Waals surface area contributed by atoms with Gasteiger partial charge in [-0.15, -0.1) is 0 Å².